The highest BCUT2D eigenvalue weighted by Gasteiger charge is 2.37. The van der Waals surface area contributed by atoms with Crippen LogP contribution < -0.4 is 4.74 Å². The molecule has 0 saturated carbocycles. The third kappa shape index (κ3) is 5.10. The number of hydrogen-bond donors (Lipinski definition) is 0. The van der Waals surface area contributed by atoms with E-state index in [4.69, 9.17) is 14.2 Å². The Kier molecular flexibility index (Phi) is 7.91. The molecule has 0 aliphatic heterocycles. The Morgan fingerprint density at radius 3 is 1.32 bits per heavy atom. The Morgan fingerprint density at radius 1 is 0.742 bits per heavy atom. The molecule has 2 rings (SSSR count). The van der Waals surface area contributed by atoms with Crippen molar-refractivity contribution >= 4 is 46.7 Å². The van der Waals surface area contributed by atoms with Gasteiger partial charge in [-0.1, -0.05) is 24.3 Å². The summed E-state index contributed by atoms with van der Waals surface area (Å²) in [6, 6.07) is 13.5. The van der Waals surface area contributed by atoms with Gasteiger partial charge in [-0.25, -0.2) is 19.6 Å². The van der Waals surface area contributed by atoms with Gasteiger partial charge in [-0.2, -0.15) is 0 Å². The number of thiocarbonyl (C=S) groups is 2. The fraction of sp³-hybridized carbons (Fsp3) is 0.273. The molecule has 0 saturated heterocycles. The summed E-state index contributed by atoms with van der Waals surface area (Å²) in [5.74, 6) is -0.0473. The minimum absolute atomic E-state index is 0.530. The van der Waals surface area contributed by atoms with Gasteiger partial charge >= 0.3 is 11.9 Å². The molecule has 2 atom stereocenters. The molecule has 0 N–H and O–H groups in total. The third-order valence-corrected chi connectivity index (χ3v) is 4.96. The van der Waals surface area contributed by atoms with Crippen LogP contribution in [0.5, 0.6) is 11.5 Å². The summed E-state index contributed by atoms with van der Waals surface area (Å²) in [6.45, 7) is 3.18. The number of benzene rings is 2. The van der Waals surface area contributed by atoms with E-state index in [0.29, 0.717) is 22.6 Å². The van der Waals surface area contributed by atoms with Crippen LogP contribution in [-0.4, -0.2) is 36.5 Å². The van der Waals surface area contributed by atoms with E-state index >= 15 is 0 Å². The molecule has 0 aliphatic carbocycles. The molecule has 2 aromatic carbocycles. The fourth-order valence-electron chi connectivity index (χ4n) is 2.87. The van der Waals surface area contributed by atoms with Gasteiger partial charge in [-0.05, 0) is 73.7 Å². The number of ether oxygens (including phenoxy) is 3. The van der Waals surface area contributed by atoms with Gasteiger partial charge in [0.15, 0.2) is 11.1 Å². The molecule has 0 amide bonds. The first-order valence-electron chi connectivity index (χ1n) is 8.99. The van der Waals surface area contributed by atoms with Gasteiger partial charge < -0.3 is 14.2 Å². The highest BCUT2D eigenvalue weighted by molar-refractivity contribution is 7.78. The monoisotopic (exact) mass is 456 g/mol. The van der Waals surface area contributed by atoms with Crippen molar-refractivity contribution in [2.75, 3.05) is 14.2 Å². The molecule has 2 unspecified atom stereocenters. The van der Waals surface area contributed by atoms with Crippen molar-refractivity contribution in [3.05, 3.63) is 59.7 Å². The van der Waals surface area contributed by atoms with E-state index in [-0.39, 0.29) is 0 Å². The zero-order valence-electron chi connectivity index (χ0n) is 17.4. The molecular weight excluding hydrogens is 436 g/mol. The maximum Gasteiger partial charge on any atom is 0.338 e. The average Bonchev–Trinajstić information content (AvgIpc) is 2.79. The Labute approximate surface area is 190 Å². The Hall–Kier alpha value is -3.22. The summed E-state index contributed by atoms with van der Waals surface area (Å²) >= 11 is 9.32. The van der Waals surface area contributed by atoms with E-state index < -0.39 is 23.0 Å². The lowest BCUT2D eigenvalue weighted by molar-refractivity contribution is -0.147. The fourth-order valence-corrected chi connectivity index (χ4v) is 3.23. The standard InChI is InChI=1S/C22H20N2O5S2/c1-21(23-13-30,19(25)27-3)15-5-9-17(10-6-15)29-18-11-7-16(8-12-18)22(2,24-14-31)20(26)28-4/h5-12H,1-4H3. The van der Waals surface area contributed by atoms with Gasteiger partial charge in [-0.3, -0.25) is 0 Å². The van der Waals surface area contributed by atoms with Crippen molar-refractivity contribution in [3.63, 3.8) is 0 Å². The minimum Gasteiger partial charge on any atom is -0.467 e. The molecule has 0 heterocycles. The van der Waals surface area contributed by atoms with Gasteiger partial charge in [0, 0.05) is 0 Å². The number of nitrogens with zero attached hydrogens (tertiary/aromatic N) is 2. The summed E-state index contributed by atoms with van der Waals surface area (Å²) in [5, 5.41) is 4.48. The summed E-state index contributed by atoms with van der Waals surface area (Å²) in [4.78, 5) is 32.2. The van der Waals surface area contributed by atoms with Gasteiger partial charge in [0.2, 0.25) is 0 Å². The number of hydrogen-bond acceptors (Lipinski definition) is 9. The van der Waals surface area contributed by atoms with Crippen molar-refractivity contribution < 1.29 is 23.8 Å². The molecule has 31 heavy (non-hydrogen) atoms. The first kappa shape index (κ1) is 24.1. The van der Waals surface area contributed by atoms with Crippen LogP contribution in [0.15, 0.2) is 58.5 Å². The van der Waals surface area contributed by atoms with Crippen LogP contribution in [-0.2, 0) is 30.1 Å². The normalized spacial score (nSPS) is 13.9. The van der Waals surface area contributed by atoms with Gasteiger partial charge in [0.1, 0.15) is 11.5 Å². The Bertz CT molecular complexity index is 973. The molecule has 160 valence electrons. The van der Waals surface area contributed by atoms with E-state index in [1.807, 2.05) is 0 Å². The largest absolute Gasteiger partial charge is 0.467 e. The first-order valence-corrected chi connectivity index (χ1v) is 9.80. The lowest BCUT2D eigenvalue weighted by Crippen LogP contribution is -2.31. The number of rotatable bonds is 8. The highest BCUT2D eigenvalue weighted by Crippen LogP contribution is 2.32. The molecule has 0 bridgehead atoms. The van der Waals surface area contributed by atoms with Crippen LogP contribution in [0, 0.1) is 0 Å². The third-order valence-electron chi connectivity index (χ3n) is 4.77. The molecular formula is C22H20N2O5S2. The minimum atomic E-state index is -1.29. The van der Waals surface area contributed by atoms with Crippen LogP contribution in [0.25, 0.3) is 0 Å². The number of aliphatic imine (C=N–C) groups is 2. The van der Waals surface area contributed by atoms with Gasteiger partial charge in [0.25, 0.3) is 0 Å². The molecule has 0 fully saturated rings. The second kappa shape index (κ2) is 10.2. The molecule has 0 radical (unpaired) electrons. The van der Waals surface area contributed by atoms with Crippen molar-refractivity contribution in [2.24, 2.45) is 9.98 Å². The molecule has 9 heteroatoms. The van der Waals surface area contributed by atoms with E-state index in [1.165, 1.54) is 14.2 Å². The maximum absolute atomic E-state index is 12.1. The number of methoxy groups -OCH3 is 2. The summed E-state index contributed by atoms with van der Waals surface area (Å²) in [5.41, 5.74) is -1.44. The van der Waals surface area contributed by atoms with Crippen molar-refractivity contribution in [2.45, 2.75) is 24.9 Å². The van der Waals surface area contributed by atoms with Crippen LogP contribution in [0.3, 0.4) is 0 Å². The predicted octanol–water partition coefficient (Wildman–Crippen LogP) is 4.46. The van der Waals surface area contributed by atoms with Gasteiger partial charge in [-0.15, -0.1) is 0 Å². The smallest absolute Gasteiger partial charge is 0.338 e. The lowest BCUT2D eigenvalue weighted by Gasteiger charge is -2.22. The number of esters is 2. The average molecular weight is 457 g/mol. The van der Waals surface area contributed by atoms with E-state index in [0.717, 1.165) is 0 Å². The predicted molar refractivity (Wildman–Crippen MR) is 122 cm³/mol. The van der Waals surface area contributed by atoms with Crippen LogP contribution >= 0.6 is 24.4 Å². The maximum atomic E-state index is 12.1. The second-order valence-corrected chi connectivity index (χ2v) is 7.05. The van der Waals surface area contributed by atoms with Crippen LogP contribution in [0.2, 0.25) is 0 Å². The van der Waals surface area contributed by atoms with Crippen molar-refractivity contribution in [3.8, 4) is 11.5 Å². The SMILES string of the molecule is COC(=O)C(C)(N=C=S)c1ccc(Oc2ccc(C(C)(N=C=S)C(=O)OC)cc2)cc1. The van der Waals surface area contributed by atoms with E-state index in [1.54, 1.807) is 62.4 Å². The van der Waals surface area contributed by atoms with Crippen molar-refractivity contribution in [1.29, 1.82) is 0 Å². The Balaban J connectivity index is 2.26. The first-order chi connectivity index (χ1) is 14.7. The zero-order chi connectivity index (χ0) is 23.1. The molecule has 0 aliphatic rings. The van der Waals surface area contributed by atoms with E-state index in [2.05, 4.69) is 44.7 Å². The van der Waals surface area contributed by atoms with Crippen molar-refractivity contribution in [1.82, 2.24) is 0 Å². The molecule has 0 spiro atoms. The molecule has 0 aromatic heterocycles. The molecule has 2 aromatic rings. The Morgan fingerprint density at radius 2 is 1.06 bits per heavy atom. The number of carbonyl (C=O) groups is 2. The molecule has 7 nitrogen and oxygen atoms in total. The summed E-state index contributed by atoms with van der Waals surface area (Å²) < 4.78 is 15.5. The van der Waals surface area contributed by atoms with Crippen LogP contribution in [0.4, 0.5) is 0 Å². The lowest BCUT2D eigenvalue weighted by atomic mass is 9.92. The highest BCUT2D eigenvalue weighted by atomic mass is 32.1. The topological polar surface area (TPSA) is 86.5 Å². The number of isothiocyanates is 2. The van der Waals surface area contributed by atoms with Gasteiger partial charge in [0.05, 0.1) is 24.5 Å². The van der Waals surface area contributed by atoms with E-state index in [9.17, 15) is 9.59 Å². The summed E-state index contributed by atoms with van der Waals surface area (Å²) in [6.07, 6.45) is 0. The summed E-state index contributed by atoms with van der Waals surface area (Å²) in [7, 11) is 2.56. The quantitative estimate of drug-likeness (QED) is 0.329. The number of carbonyl (C=O) groups excluding carboxylic acids is 2. The zero-order valence-corrected chi connectivity index (χ0v) is 19.0. The van der Waals surface area contributed by atoms with Crippen LogP contribution in [0.1, 0.15) is 25.0 Å². The second-order valence-electron chi connectivity index (χ2n) is 6.68.